The number of rotatable bonds is 5. The summed E-state index contributed by atoms with van der Waals surface area (Å²) in [5, 5.41) is 40.2. The summed E-state index contributed by atoms with van der Waals surface area (Å²) in [5.74, 6) is -1.21. The predicted octanol–water partition coefficient (Wildman–Crippen LogP) is 3.95. The normalized spacial score (nSPS) is 12.1. The fourth-order valence-corrected chi connectivity index (χ4v) is 2.84. The molecule has 0 saturated heterocycles. The summed E-state index contributed by atoms with van der Waals surface area (Å²) in [6, 6.07) is 9.54. The van der Waals surface area contributed by atoms with Gasteiger partial charge in [-0.15, -0.1) is 0 Å². The number of nitrogens with zero attached hydrogens (tertiary/aromatic N) is 4. The highest BCUT2D eigenvalue weighted by Gasteiger charge is 2.30. The molecule has 0 radical (unpaired) electrons. The average Bonchev–Trinajstić information content (AvgIpc) is 2.68. The first-order chi connectivity index (χ1) is 13.8. The van der Waals surface area contributed by atoms with Crippen LogP contribution >= 0.6 is 0 Å². The highest BCUT2D eigenvalue weighted by Crippen LogP contribution is 2.38. The minimum Gasteiger partial charge on any atom is -0.497 e. The molecule has 0 amide bonds. The monoisotopic (exact) mass is 402 g/mol. The minimum absolute atomic E-state index is 0.447. The molecule has 0 spiro atoms. The third-order valence-electron chi connectivity index (χ3n) is 4.16. The standard InChI is InChI=1S/C12H15N.C6H3N3O7/c1-2-5-12-11-7-4-3-6-10(11)8-9-13-12;10-6-4(8(13)14)1-3(7(11)12)2-5(6)9(15)16/h3-4,6-7H,2,5,8-9H2,1H3;1-2,10H. The van der Waals surface area contributed by atoms with E-state index in [1.807, 2.05) is 0 Å². The molecule has 11 heteroatoms. The molecule has 152 valence electrons. The molecule has 0 aromatic heterocycles. The molecule has 2 aromatic carbocycles. The molecule has 2 aromatic rings. The molecule has 1 N–H and O–H groups in total. The number of phenolic OH excluding ortho intramolecular Hbond substituents is 1. The molecule has 0 unspecified atom stereocenters. The Morgan fingerprint density at radius 3 is 2.10 bits per heavy atom. The van der Waals surface area contributed by atoms with Gasteiger partial charge in [-0.25, -0.2) is 0 Å². The van der Waals surface area contributed by atoms with Crippen LogP contribution in [0.4, 0.5) is 17.1 Å². The molecule has 0 fully saturated rings. The molecule has 1 heterocycles. The lowest BCUT2D eigenvalue weighted by Gasteiger charge is -2.15. The van der Waals surface area contributed by atoms with Crippen LogP contribution in [0.25, 0.3) is 0 Å². The van der Waals surface area contributed by atoms with E-state index in [9.17, 15) is 30.3 Å². The largest absolute Gasteiger partial charge is 0.497 e. The van der Waals surface area contributed by atoms with Gasteiger partial charge in [0.05, 0.1) is 26.9 Å². The van der Waals surface area contributed by atoms with Gasteiger partial charge < -0.3 is 5.11 Å². The van der Waals surface area contributed by atoms with Gasteiger partial charge in [0.2, 0.25) is 0 Å². The SMILES string of the molecule is CCCC1=NCCc2ccccc21.O=[N+]([O-])c1cc([N+](=O)[O-])c(O)c([N+](=O)[O-])c1. The van der Waals surface area contributed by atoms with E-state index in [1.165, 1.54) is 23.3 Å². The molecule has 3 rings (SSSR count). The molecule has 0 bridgehead atoms. The molecule has 0 aliphatic carbocycles. The maximum absolute atomic E-state index is 10.4. The third kappa shape index (κ3) is 5.09. The van der Waals surface area contributed by atoms with E-state index in [0.717, 1.165) is 19.4 Å². The van der Waals surface area contributed by atoms with E-state index in [1.54, 1.807) is 0 Å². The number of nitro benzene ring substituents is 3. The molecule has 29 heavy (non-hydrogen) atoms. The van der Waals surface area contributed by atoms with Crippen LogP contribution in [-0.2, 0) is 6.42 Å². The summed E-state index contributed by atoms with van der Waals surface area (Å²) < 4.78 is 0. The van der Waals surface area contributed by atoms with Gasteiger partial charge in [0, 0.05) is 12.3 Å². The van der Waals surface area contributed by atoms with Crippen molar-refractivity contribution in [1.82, 2.24) is 0 Å². The van der Waals surface area contributed by atoms with Crippen LogP contribution in [0.5, 0.6) is 5.75 Å². The summed E-state index contributed by atoms with van der Waals surface area (Å²) in [4.78, 5) is 32.3. The van der Waals surface area contributed by atoms with Crippen molar-refractivity contribution in [2.45, 2.75) is 26.2 Å². The van der Waals surface area contributed by atoms with Gasteiger partial charge in [0.15, 0.2) is 0 Å². The smallest absolute Gasteiger partial charge is 0.324 e. The number of aromatic hydroxyl groups is 1. The molecular formula is C18H18N4O7. The summed E-state index contributed by atoms with van der Waals surface area (Å²) in [6.07, 6.45) is 3.42. The Balaban J connectivity index is 0.000000211. The van der Waals surface area contributed by atoms with E-state index >= 15 is 0 Å². The summed E-state index contributed by atoms with van der Waals surface area (Å²) in [6.45, 7) is 3.19. The van der Waals surface area contributed by atoms with E-state index in [4.69, 9.17) is 5.11 Å². The van der Waals surface area contributed by atoms with Gasteiger partial charge in [-0.3, -0.25) is 35.3 Å². The van der Waals surface area contributed by atoms with Gasteiger partial charge in [-0.1, -0.05) is 37.6 Å². The summed E-state index contributed by atoms with van der Waals surface area (Å²) >= 11 is 0. The Morgan fingerprint density at radius 2 is 1.59 bits per heavy atom. The van der Waals surface area contributed by atoms with Crippen LogP contribution in [-0.4, -0.2) is 32.1 Å². The van der Waals surface area contributed by atoms with Gasteiger partial charge in [0.25, 0.3) is 11.4 Å². The molecule has 11 nitrogen and oxygen atoms in total. The fourth-order valence-electron chi connectivity index (χ4n) is 2.84. The highest BCUT2D eigenvalue weighted by atomic mass is 16.6. The molecule has 1 aliphatic heterocycles. The van der Waals surface area contributed by atoms with Crippen LogP contribution in [0.15, 0.2) is 41.4 Å². The van der Waals surface area contributed by atoms with Crippen molar-refractivity contribution in [1.29, 1.82) is 0 Å². The van der Waals surface area contributed by atoms with Crippen molar-refractivity contribution >= 4 is 22.8 Å². The minimum atomic E-state index is -1.21. The zero-order chi connectivity index (χ0) is 21.6. The summed E-state index contributed by atoms with van der Waals surface area (Å²) in [5.41, 5.74) is 1.17. The zero-order valence-electron chi connectivity index (χ0n) is 15.5. The topological polar surface area (TPSA) is 162 Å². The number of fused-ring (bicyclic) bond motifs is 1. The van der Waals surface area contributed by atoms with Crippen LogP contribution in [0.3, 0.4) is 0 Å². The summed E-state index contributed by atoms with van der Waals surface area (Å²) in [7, 11) is 0. The van der Waals surface area contributed by atoms with Gasteiger partial charge >= 0.3 is 11.4 Å². The number of hydrogen-bond donors (Lipinski definition) is 1. The number of phenols is 1. The van der Waals surface area contributed by atoms with Gasteiger partial charge in [-0.2, -0.15) is 0 Å². The van der Waals surface area contributed by atoms with Crippen LogP contribution in [0.1, 0.15) is 30.9 Å². The second-order valence-electron chi connectivity index (χ2n) is 6.09. The first-order valence-corrected chi connectivity index (χ1v) is 8.68. The first kappa shape index (κ1) is 21.4. The van der Waals surface area contributed by atoms with E-state index < -0.39 is 37.6 Å². The van der Waals surface area contributed by atoms with Crippen molar-refractivity contribution in [2.24, 2.45) is 4.99 Å². The second-order valence-corrected chi connectivity index (χ2v) is 6.09. The Morgan fingerprint density at radius 1 is 1.00 bits per heavy atom. The van der Waals surface area contributed by atoms with E-state index in [0.29, 0.717) is 12.1 Å². The quantitative estimate of drug-likeness (QED) is 0.584. The lowest BCUT2D eigenvalue weighted by Crippen LogP contribution is -2.12. The van der Waals surface area contributed by atoms with Gasteiger partial charge in [0.1, 0.15) is 0 Å². The van der Waals surface area contributed by atoms with Crippen molar-refractivity contribution in [3.8, 4) is 5.75 Å². The number of benzene rings is 2. The van der Waals surface area contributed by atoms with Crippen molar-refractivity contribution in [3.05, 3.63) is 77.9 Å². The maximum Gasteiger partial charge on any atom is 0.324 e. The number of nitro groups is 3. The molecule has 1 aliphatic rings. The van der Waals surface area contributed by atoms with Crippen LogP contribution < -0.4 is 0 Å². The molecule has 0 saturated carbocycles. The Labute approximate surface area is 164 Å². The Kier molecular flexibility index (Phi) is 6.90. The average molecular weight is 402 g/mol. The van der Waals surface area contributed by atoms with Crippen molar-refractivity contribution in [2.75, 3.05) is 6.54 Å². The Hall–Kier alpha value is -3.89. The first-order valence-electron chi connectivity index (χ1n) is 8.68. The molecular weight excluding hydrogens is 384 g/mol. The van der Waals surface area contributed by atoms with Crippen molar-refractivity contribution < 1.29 is 19.9 Å². The second kappa shape index (κ2) is 9.35. The highest BCUT2D eigenvalue weighted by molar-refractivity contribution is 6.02. The van der Waals surface area contributed by atoms with Crippen molar-refractivity contribution in [3.63, 3.8) is 0 Å². The van der Waals surface area contributed by atoms with Crippen LogP contribution in [0, 0.1) is 30.3 Å². The zero-order valence-corrected chi connectivity index (χ0v) is 15.5. The van der Waals surface area contributed by atoms with Crippen LogP contribution in [0.2, 0.25) is 0 Å². The number of non-ortho nitro benzene ring substituents is 1. The predicted molar refractivity (Wildman–Crippen MR) is 105 cm³/mol. The Bertz CT molecular complexity index is 953. The fraction of sp³-hybridized carbons (Fsp3) is 0.278. The third-order valence-corrected chi connectivity index (χ3v) is 4.16. The number of hydrogen-bond acceptors (Lipinski definition) is 8. The lowest BCUT2D eigenvalue weighted by molar-refractivity contribution is -0.404. The van der Waals surface area contributed by atoms with E-state index in [2.05, 4.69) is 36.2 Å². The number of aliphatic imine (C=N–C) groups is 1. The lowest BCUT2D eigenvalue weighted by atomic mass is 9.95. The molecule has 0 atom stereocenters. The van der Waals surface area contributed by atoms with Gasteiger partial charge in [-0.05, 0) is 24.0 Å². The maximum atomic E-state index is 10.4. The van der Waals surface area contributed by atoms with E-state index in [-0.39, 0.29) is 0 Å².